The van der Waals surface area contributed by atoms with Gasteiger partial charge in [0.15, 0.2) is 0 Å². The third kappa shape index (κ3) is 5.06. The van der Waals surface area contributed by atoms with Crippen molar-refractivity contribution in [3.8, 4) is 5.75 Å². The van der Waals surface area contributed by atoms with E-state index in [1.54, 1.807) is 24.3 Å². The maximum atomic E-state index is 10.8. The summed E-state index contributed by atoms with van der Waals surface area (Å²) in [4.78, 5) is 10.8. The highest BCUT2D eigenvalue weighted by molar-refractivity contribution is 7.99. The molecule has 1 aromatic rings. The normalized spacial score (nSPS) is 18.1. The molecule has 5 heteroatoms. The molecular formula is C15H20O4S. The molecule has 1 aliphatic heterocycles. The highest BCUT2D eigenvalue weighted by atomic mass is 32.2. The van der Waals surface area contributed by atoms with Crippen molar-refractivity contribution in [3.63, 3.8) is 0 Å². The van der Waals surface area contributed by atoms with Crippen LogP contribution in [0.4, 0.5) is 0 Å². The second kappa shape index (κ2) is 8.17. The van der Waals surface area contributed by atoms with Crippen LogP contribution in [0.15, 0.2) is 24.3 Å². The van der Waals surface area contributed by atoms with Gasteiger partial charge in [0.25, 0.3) is 0 Å². The molecule has 110 valence electrons. The van der Waals surface area contributed by atoms with Crippen molar-refractivity contribution in [2.24, 2.45) is 0 Å². The number of hydrogen-bond acceptors (Lipinski definition) is 4. The van der Waals surface area contributed by atoms with Crippen LogP contribution in [-0.4, -0.2) is 41.9 Å². The van der Waals surface area contributed by atoms with Crippen LogP contribution in [0.2, 0.25) is 0 Å². The lowest BCUT2D eigenvalue weighted by molar-refractivity contribution is 0.0696. The molecule has 1 N–H and O–H groups in total. The summed E-state index contributed by atoms with van der Waals surface area (Å²) in [6.45, 7) is 1.52. The van der Waals surface area contributed by atoms with Gasteiger partial charge < -0.3 is 14.6 Å². The molecule has 1 aromatic carbocycles. The molecule has 20 heavy (non-hydrogen) atoms. The number of benzene rings is 1. The van der Waals surface area contributed by atoms with Crippen molar-refractivity contribution in [2.75, 3.05) is 24.7 Å². The van der Waals surface area contributed by atoms with Gasteiger partial charge in [0.1, 0.15) is 5.75 Å². The molecule has 1 atom stereocenters. The first-order valence-electron chi connectivity index (χ1n) is 6.91. The fraction of sp³-hybridized carbons (Fsp3) is 0.533. The lowest BCUT2D eigenvalue weighted by Gasteiger charge is -2.09. The predicted molar refractivity (Wildman–Crippen MR) is 79.8 cm³/mol. The van der Waals surface area contributed by atoms with E-state index in [0.29, 0.717) is 18.5 Å². The Morgan fingerprint density at radius 3 is 3.15 bits per heavy atom. The largest absolute Gasteiger partial charge is 0.494 e. The van der Waals surface area contributed by atoms with Crippen molar-refractivity contribution in [2.45, 2.75) is 25.4 Å². The van der Waals surface area contributed by atoms with Gasteiger partial charge in [-0.05, 0) is 43.2 Å². The summed E-state index contributed by atoms with van der Waals surface area (Å²) in [6.07, 6.45) is 3.77. The molecule has 0 bridgehead atoms. The summed E-state index contributed by atoms with van der Waals surface area (Å²) in [6, 6.07) is 6.60. The number of carbonyl (C=O) groups is 1. The van der Waals surface area contributed by atoms with Crippen LogP contribution < -0.4 is 4.74 Å². The van der Waals surface area contributed by atoms with E-state index >= 15 is 0 Å². The second-order valence-corrected chi connectivity index (χ2v) is 5.89. The molecule has 0 spiro atoms. The van der Waals surface area contributed by atoms with Gasteiger partial charge in [-0.15, -0.1) is 0 Å². The van der Waals surface area contributed by atoms with Crippen LogP contribution in [0.25, 0.3) is 0 Å². The molecule has 0 aromatic heterocycles. The summed E-state index contributed by atoms with van der Waals surface area (Å²) in [7, 11) is 0. The molecule has 0 amide bonds. The van der Waals surface area contributed by atoms with E-state index in [0.717, 1.165) is 24.5 Å². The van der Waals surface area contributed by atoms with Crippen LogP contribution in [0.5, 0.6) is 5.75 Å². The van der Waals surface area contributed by atoms with Crippen molar-refractivity contribution >= 4 is 17.7 Å². The Balaban J connectivity index is 1.58. The fourth-order valence-corrected chi connectivity index (χ4v) is 3.07. The molecule has 1 saturated heterocycles. The van der Waals surface area contributed by atoms with Crippen molar-refractivity contribution in [1.29, 1.82) is 0 Å². The molecule has 0 saturated carbocycles. The Morgan fingerprint density at radius 1 is 1.50 bits per heavy atom. The van der Waals surface area contributed by atoms with Gasteiger partial charge in [-0.3, -0.25) is 0 Å². The maximum absolute atomic E-state index is 10.8. The predicted octanol–water partition coefficient (Wildman–Crippen LogP) is 3.07. The fourth-order valence-electron chi connectivity index (χ4n) is 2.06. The summed E-state index contributed by atoms with van der Waals surface area (Å²) in [5.74, 6) is 1.80. The minimum atomic E-state index is -0.928. The Kier molecular flexibility index (Phi) is 6.21. The van der Waals surface area contributed by atoms with Crippen molar-refractivity contribution in [3.05, 3.63) is 29.8 Å². The van der Waals surface area contributed by atoms with E-state index in [4.69, 9.17) is 14.6 Å². The van der Waals surface area contributed by atoms with Crippen molar-refractivity contribution in [1.82, 2.24) is 0 Å². The third-order valence-corrected chi connectivity index (χ3v) is 4.30. The third-order valence-electron chi connectivity index (χ3n) is 3.11. The Morgan fingerprint density at radius 2 is 2.40 bits per heavy atom. The molecular weight excluding hydrogens is 276 g/mol. The molecule has 4 nitrogen and oxygen atoms in total. The quantitative estimate of drug-likeness (QED) is 0.747. The maximum Gasteiger partial charge on any atom is 0.335 e. The van der Waals surface area contributed by atoms with E-state index in [9.17, 15) is 4.79 Å². The molecule has 1 unspecified atom stereocenters. The lowest BCUT2D eigenvalue weighted by atomic mass is 10.2. The Labute approximate surface area is 123 Å². The molecule has 0 radical (unpaired) electrons. The molecule has 1 fully saturated rings. The summed E-state index contributed by atoms with van der Waals surface area (Å²) < 4.78 is 11.1. The van der Waals surface area contributed by atoms with Gasteiger partial charge in [-0.1, -0.05) is 6.07 Å². The molecule has 1 aliphatic rings. The highest BCUT2D eigenvalue weighted by Crippen LogP contribution is 2.18. The summed E-state index contributed by atoms with van der Waals surface area (Å²) in [5.41, 5.74) is 0.259. The summed E-state index contributed by atoms with van der Waals surface area (Å²) in [5, 5.41) is 8.88. The lowest BCUT2D eigenvalue weighted by Crippen LogP contribution is -2.09. The molecule has 2 rings (SSSR count). The minimum absolute atomic E-state index is 0.259. The minimum Gasteiger partial charge on any atom is -0.494 e. The zero-order chi connectivity index (χ0) is 14.2. The number of ether oxygens (including phenoxy) is 2. The van der Waals surface area contributed by atoms with Gasteiger partial charge >= 0.3 is 5.97 Å². The van der Waals surface area contributed by atoms with Gasteiger partial charge in [0, 0.05) is 12.4 Å². The number of rotatable bonds is 8. The summed E-state index contributed by atoms with van der Waals surface area (Å²) >= 11 is 1.89. The van der Waals surface area contributed by atoms with Gasteiger partial charge in [-0.25, -0.2) is 4.79 Å². The zero-order valence-electron chi connectivity index (χ0n) is 11.4. The van der Waals surface area contributed by atoms with Gasteiger partial charge in [-0.2, -0.15) is 11.8 Å². The van der Waals surface area contributed by atoms with E-state index in [1.165, 1.54) is 12.8 Å². The zero-order valence-corrected chi connectivity index (χ0v) is 12.2. The number of thioether (sulfide) groups is 1. The van der Waals surface area contributed by atoms with E-state index < -0.39 is 5.97 Å². The number of carboxylic acids is 1. The Bertz CT molecular complexity index is 430. The first kappa shape index (κ1) is 15.2. The van der Waals surface area contributed by atoms with Gasteiger partial charge in [0.2, 0.25) is 0 Å². The number of aromatic carboxylic acids is 1. The first-order valence-corrected chi connectivity index (χ1v) is 8.06. The topological polar surface area (TPSA) is 55.8 Å². The van der Waals surface area contributed by atoms with Crippen LogP contribution in [-0.2, 0) is 4.74 Å². The molecule has 0 aliphatic carbocycles. The van der Waals surface area contributed by atoms with E-state index in [1.807, 2.05) is 11.8 Å². The second-order valence-electron chi connectivity index (χ2n) is 4.74. The van der Waals surface area contributed by atoms with E-state index in [2.05, 4.69) is 0 Å². The Hall–Kier alpha value is -1.20. The average molecular weight is 296 g/mol. The van der Waals surface area contributed by atoms with E-state index in [-0.39, 0.29) is 5.56 Å². The van der Waals surface area contributed by atoms with Gasteiger partial charge in [0.05, 0.1) is 18.3 Å². The SMILES string of the molecule is O=C(O)c1cccc(OCCCSCC2CCCO2)c1. The van der Waals surface area contributed by atoms with Crippen LogP contribution in [0.3, 0.4) is 0 Å². The molecule has 1 heterocycles. The van der Waals surface area contributed by atoms with Crippen molar-refractivity contribution < 1.29 is 19.4 Å². The van der Waals surface area contributed by atoms with Crippen LogP contribution in [0.1, 0.15) is 29.6 Å². The smallest absolute Gasteiger partial charge is 0.335 e. The first-order chi connectivity index (χ1) is 9.75. The average Bonchev–Trinajstić information content (AvgIpc) is 2.96. The number of hydrogen-bond donors (Lipinski definition) is 1. The monoisotopic (exact) mass is 296 g/mol. The highest BCUT2D eigenvalue weighted by Gasteiger charge is 2.14. The van der Waals surface area contributed by atoms with Crippen LogP contribution >= 0.6 is 11.8 Å². The number of carboxylic acid groups (broad SMARTS) is 1. The van der Waals surface area contributed by atoms with Crippen LogP contribution in [0, 0.1) is 0 Å². The standard InChI is InChI=1S/C15H20O4S/c16-15(17)12-4-1-5-13(10-12)18-8-3-9-20-11-14-6-2-7-19-14/h1,4-5,10,14H,2-3,6-9,11H2,(H,16,17).